The van der Waals surface area contributed by atoms with E-state index in [0.717, 1.165) is 38.8 Å². The molecule has 2 N–H and O–H groups in total. The van der Waals surface area contributed by atoms with E-state index < -0.39 is 0 Å². The molecule has 0 atom stereocenters. The Kier molecular flexibility index (Phi) is 19.4. The number of carbonyl (C=O) groups is 2. The molecule has 0 radical (unpaired) electrons. The minimum atomic E-state index is 0.214. The summed E-state index contributed by atoms with van der Waals surface area (Å²) in [6.45, 7) is 6.01. The van der Waals surface area contributed by atoms with Crippen LogP contribution in [0.3, 0.4) is 0 Å². The van der Waals surface area contributed by atoms with Gasteiger partial charge in [0.05, 0.1) is 0 Å². The first-order valence-corrected chi connectivity index (χ1v) is 11.2. The van der Waals surface area contributed by atoms with Crippen molar-refractivity contribution in [1.82, 2.24) is 10.6 Å². The van der Waals surface area contributed by atoms with Crippen LogP contribution in [0.4, 0.5) is 0 Å². The van der Waals surface area contributed by atoms with Crippen LogP contribution in [0.25, 0.3) is 0 Å². The van der Waals surface area contributed by atoms with Gasteiger partial charge in [-0.05, 0) is 25.7 Å². The van der Waals surface area contributed by atoms with Crippen LogP contribution >= 0.6 is 0 Å². The molecule has 0 aliphatic carbocycles. The Bertz CT molecular complexity index is 300. The van der Waals surface area contributed by atoms with Gasteiger partial charge < -0.3 is 10.6 Å². The summed E-state index contributed by atoms with van der Waals surface area (Å²) in [5, 5.41) is 6.04. The fourth-order valence-corrected chi connectivity index (χ4v) is 3.01. The molecule has 154 valence electrons. The van der Waals surface area contributed by atoms with Gasteiger partial charge in [0.1, 0.15) is 0 Å². The van der Waals surface area contributed by atoms with Crippen LogP contribution in [0.1, 0.15) is 117 Å². The SMILES string of the molecule is CCCCCCC(=O)NCCCCCCCCNC(=O)CCCCCC. The molecule has 0 spiro atoms. The zero-order valence-electron chi connectivity index (χ0n) is 17.5. The molecule has 0 aromatic heterocycles. The predicted molar refractivity (Wildman–Crippen MR) is 111 cm³/mol. The van der Waals surface area contributed by atoms with Crippen LogP contribution < -0.4 is 10.6 Å². The molecule has 0 aliphatic rings. The molecule has 0 aromatic carbocycles. The number of nitrogens with one attached hydrogen (secondary N) is 2. The van der Waals surface area contributed by atoms with Gasteiger partial charge in [-0.15, -0.1) is 0 Å². The van der Waals surface area contributed by atoms with Crippen molar-refractivity contribution in [3.63, 3.8) is 0 Å². The smallest absolute Gasteiger partial charge is 0.219 e. The maximum absolute atomic E-state index is 11.6. The van der Waals surface area contributed by atoms with Crippen molar-refractivity contribution in [2.75, 3.05) is 13.1 Å². The third-order valence-electron chi connectivity index (χ3n) is 4.76. The second kappa shape index (κ2) is 20.3. The maximum atomic E-state index is 11.6. The van der Waals surface area contributed by atoms with Crippen molar-refractivity contribution < 1.29 is 9.59 Å². The molecule has 0 aromatic rings. The van der Waals surface area contributed by atoms with E-state index in [1.165, 1.54) is 64.2 Å². The van der Waals surface area contributed by atoms with E-state index in [2.05, 4.69) is 24.5 Å². The van der Waals surface area contributed by atoms with Crippen molar-refractivity contribution in [2.24, 2.45) is 0 Å². The fraction of sp³-hybridized carbons (Fsp3) is 0.909. The molecule has 0 aliphatic heterocycles. The number of hydrogen-bond donors (Lipinski definition) is 2. The molecule has 26 heavy (non-hydrogen) atoms. The predicted octanol–water partition coefficient (Wildman–Crippen LogP) is 5.50. The molecular formula is C22H44N2O2. The largest absolute Gasteiger partial charge is 0.356 e. The third-order valence-corrected chi connectivity index (χ3v) is 4.76. The maximum Gasteiger partial charge on any atom is 0.219 e. The molecule has 0 unspecified atom stereocenters. The number of rotatable bonds is 19. The lowest BCUT2D eigenvalue weighted by Crippen LogP contribution is -2.24. The Hall–Kier alpha value is -1.06. The topological polar surface area (TPSA) is 58.2 Å². The highest BCUT2D eigenvalue weighted by Crippen LogP contribution is 2.06. The molecule has 0 bridgehead atoms. The number of hydrogen-bond acceptors (Lipinski definition) is 2. The highest BCUT2D eigenvalue weighted by Gasteiger charge is 2.01. The summed E-state index contributed by atoms with van der Waals surface area (Å²) in [6, 6.07) is 0. The highest BCUT2D eigenvalue weighted by molar-refractivity contribution is 5.76. The van der Waals surface area contributed by atoms with Crippen molar-refractivity contribution in [3.8, 4) is 0 Å². The Balaban J connectivity index is 3.21. The van der Waals surface area contributed by atoms with Gasteiger partial charge in [-0.3, -0.25) is 9.59 Å². The first-order chi connectivity index (χ1) is 12.7. The highest BCUT2D eigenvalue weighted by atomic mass is 16.2. The quantitative estimate of drug-likeness (QED) is 0.296. The third kappa shape index (κ3) is 19.3. The normalized spacial score (nSPS) is 10.7. The molecule has 0 saturated carbocycles. The molecule has 2 amide bonds. The van der Waals surface area contributed by atoms with Gasteiger partial charge in [0.25, 0.3) is 0 Å². The second-order valence-electron chi connectivity index (χ2n) is 7.44. The van der Waals surface area contributed by atoms with Crippen LogP contribution in [0, 0.1) is 0 Å². The van der Waals surface area contributed by atoms with E-state index in [4.69, 9.17) is 0 Å². The van der Waals surface area contributed by atoms with Crippen LogP contribution in [-0.4, -0.2) is 24.9 Å². The van der Waals surface area contributed by atoms with E-state index in [1.54, 1.807) is 0 Å². The van der Waals surface area contributed by atoms with Gasteiger partial charge in [0, 0.05) is 25.9 Å². The number of unbranched alkanes of at least 4 members (excludes halogenated alkanes) is 11. The van der Waals surface area contributed by atoms with Gasteiger partial charge >= 0.3 is 0 Å². The molecule has 4 nitrogen and oxygen atoms in total. The number of carbonyl (C=O) groups excluding carboxylic acids is 2. The van der Waals surface area contributed by atoms with Crippen LogP contribution in [0.15, 0.2) is 0 Å². The summed E-state index contributed by atoms with van der Waals surface area (Å²) < 4.78 is 0. The minimum absolute atomic E-state index is 0.214. The van der Waals surface area contributed by atoms with Gasteiger partial charge in [-0.25, -0.2) is 0 Å². The van der Waals surface area contributed by atoms with E-state index in [-0.39, 0.29) is 11.8 Å². The van der Waals surface area contributed by atoms with Crippen molar-refractivity contribution in [1.29, 1.82) is 0 Å². The summed E-state index contributed by atoms with van der Waals surface area (Å²) in [5.41, 5.74) is 0. The number of amides is 2. The zero-order chi connectivity index (χ0) is 19.3. The lowest BCUT2D eigenvalue weighted by molar-refractivity contribution is -0.122. The lowest BCUT2D eigenvalue weighted by Gasteiger charge is -2.06. The van der Waals surface area contributed by atoms with Gasteiger partial charge in [0.15, 0.2) is 0 Å². The molecule has 0 heterocycles. The van der Waals surface area contributed by atoms with Crippen LogP contribution in [0.5, 0.6) is 0 Å². The fourth-order valence-electron chi connectivity index (χ4n) is 3.01. The van der Waals surface area contributed by atoms with Crippen molar-refractivity contribution in [2.45, 2.75) is 117 Å². The summed E-state index contributed by atoms with van der Waals surface area (Å²) in [7, 11) is 0. The Morgan fingerprint density at radius 1 is 0.500 bits per heavy atom. The summed E-state index contributed by atoms with van der Waals surface area (Å²) in [6.07, 6.45) is 17.6. The molecule has 4 heteroatoms. The second-order valence-corrected chi connectivity index (χ2v) is 7.44. The van der Waals surface area contributed by atoms with E-state index in [1.807, 2.05) is 0 Å². The average molecular weight is 369 g/mol. The molecular weight excluding hydrogens is 324 g/mol. The molecule has 0 rings (SSSR count). The van der Waals surface area contributed by atoms with Crippen molar-refractivity contribution >= 4 is 11.8 Å². The standard InChI is InChI=1S/C22H44N2O2/c1-3-5-7-13-17-21(25)23-19-15-11-9-10-12-16-20-24-22(26)18-14-8-6-4-2/h3-20H2,1-2H3,(H,23,25)(H,24,26). The summed E-state index contributed by atoms with van der Waals surface area (Å²) in [5.74, 6) is 0.429. The molecule has 0 fully saturated rings. The van der Waals surface area contributed by atoms with Crippen molar-refractivity contribution in [3.05, 3.63) is 0 Å². The Morgan fingerprint density at radius 2 is 0.846 bits per heavy atom. The zero-order valence-corrected chi connectivity index (χ0v) is 17.5. The summed E-state index contributed by atoms with van der Waals surface area (Å²) in [4.78, 5) is 23.2. The lowest BCUT2D eigenvalue weighted by atomic mass is 10.1. The Labute approximate surface area is 162 Å². The van der Waals surface area contributed by atoms with Gasteiger partial charge in [-0.1, -0.05) is 78.1 Å². The first-order valence-electron chi connectivity index (χ1n) is 11.2. The van der Waals surface area contributed by atoms with E-state index in [9.17, 15) is 9.59 Å². The van der Waals surface area contributed by atoms with Crippen LogP contribution in [-0.2, 0) is 9.59 Å². The summed E-state index contributed by atoms with van der Waals surface area (Å²) >= 11 is 0. The van der Waals surface area contributed by atoms with Crippen LogP contribution in [0.2, 0.25) is 0 Å². The van der Waals surface area contributed by atoms with E-state index in [0.29, 0.717) is 12.8 Å². The minimum Gasteiger partial charge on any atom is -0.356 e. The average Bonchev–Trinajstić information content (AvgIpc) is 2.64. The van der Waals surface area contributed by atoms with Gasteiger partial charge in [0.2, 0.25) is 11.8 Å². The Morgan fingerprint density at radius 3 is 1.23 bits per heavy atom. The van der Waals surface area contributed by atoms with Gasteiger partial charge in [-0.2, -0.15) is 0 Å². The van der Waals surface area contributed by atoms with E-state index >= 15 is 0 Å². The monoisotopic (exact) mass is 368 g/mol. The first kappa shape index (κ1) is 24.9. The molecule has 0 saturated heterocycles.